The molecule has 1 aromatic carbocycles. The molecule has 0 aliphatic carbocycles. The maximum atomic E-state index is 12.7. The summed E-state index contributed by atoms with van der Waals surface area (Å²) >= 11 is 0. The molecule has 3 heterocycles. The molecule has 1 aliphatic heterocycles. The summed E-state index contributed by atoms with van der Waals surface area (Å²) < 4.78 is 43.6. The molecule has 0 bridgehead atoms. The van der Waals surface area contributed by atoms with Crippen molar-refractivity contribution in [3.8, 4) is 0 Å². The predicted molar refractivity (Wildman–Crippen MR) is 92.0 cm³/mol. The third kappa shape index (κ3) is 3.82. The Kier molecular flexibility index (Phi) is 4.39. The average Bonchev–Trinajstić information content (AvgIpc) is 3.17. The fourth-order valence-corrected chi connectivity index (χ4v) is 3.27. The van der Waals surface area contributed by atoms with Crippen molar-refractivity contribution in [3.05, 3.63) is 47.7 Å². The van der Waals surface area contributed by atoms with E-state index in [4.69, 9.17) is 4.42 Å². The van der Waals surface area contributed by atoms with Gasteiger partial charge in [0.25, 0.3) is 0 Å². The van der Waals surface area contributed by atoms with Gasteiger partial charge in [0.15, 0.2) is 0 Å². The summed E-state index contributed by atoms with van der Waals surface area (Å²) in [6, 6.07) is 6.35. The molecular formula is C18H17F3N4O2. The molecule has 1 amide bonds. The van der Waals surface area contributed by atoms with Crippen LogP contribution in [0.4, 0.5) is 18.9 Å². The average molecular weight is 378 g/mol. The zero-order chi connectivity index (χ0) is 19.0. The lowest BCUT2D eigenvalue weighted by molar-refractivity contribution is -0.144. The van der Waals surface area contributed by atoms with E-state index in [0.717, 1.165) is 30.7 Å². The number of benzene rings is 1. The number of fused-ring (bicyclic) bond motifs is 2. The number of H-pyrrole nitrogens is 1. The Morgan fingerprint density at radius 2 is 2.19 bits per heavy atom. The van der Waals surface area contributed by atoms with Crippen molar-refractivity contribution < 1.29 is 22.4 Å². The van der Waals surface area contributed by atoms with Crippen LogP contribution in [-0.4, -0.2) is 33.9 Å². The number of aryl methyl sites for hydroxylation is 1. The molecule has 142 valence electrons. The Morgan fingerprint density at radius 1 is 1.33 bits per heavy atom. The first-order valence-corrected chi connectivity index (χ1v) is 8.53. The highest BCUT2D eigenvalue weighted by Gasteiger charge is 2.34. The SMILES string of the molecule is O=C(CN1CCCc2occc2C1)Nc1ccc2nc(C(F)(F)F)[nH]c2c1. The van der Waals surface area contributed by atoms with Gasteiger partial charge in [-0.2, -0.15) is 13.2 Å². The summed E-state index contributed by atoms with van der Waals surface area (Å²) in [5.41, 5.74) is 1.92. The predicted octanol–water partition coefficient (Wildman–Crippen LogP) is 3.56. The molecule has 9 heteroatoms. The van der Waals surface area contributed by atoms with Crippen LogP contribution < -0.4 is 5.32 Å². The number of aromatic amines is 1. The van der Waals surface area contributed by atoms with Crippen LogP contribution in [0.25, 0.3) is 11.0 Å². The number of anilines is 1. The van der Waals surface area contributed by atoms with Gasteiger partial charge >= 0.3 is 6.18 Å². The highest BCUT2D eigenvalue weighted by atomic mass is 19.4. The molecule has 0 saturated heterocycles. The van der Waals surface area contributed by atoms with E-state index in [0.29, 0.717) is 12.2 Å². The summed E-state index contributed by atoms with van der Waals surface area (Å²) in [7, 11) is 0. The Morgan fingerprint density at radius 3 is 3.00 bits per heavy atom. The number of halogens is 3. The molecule has 3 aromatic rings. The zero-order valence-corrected chi connectivity index (χ0v) is 14.3. The highest BCUT2D eigenvalue weighted by molar-refractivity contribution is 5.94. The minimum absolute atomic E-state index is 0.194. The van der Waals surface area contributed by atoms with Gasteiger partial charge in [-0.3, -0.25) is 9.69 Å². The summed E-state index contributed by atoms with van der Waals surface area (Å²) in [6.07, 6.45) is -1.14. The second-order valence-corrected chi connectivity index (χ2v) is 6.55. The molecule has 2 aromatic heterocycles. The summed E-state index contributed by atoms with van der Waals surface area (Å²) in [4.78, 5) is 20.1. The van der Waals surface area contributed by atoms with Crippen molar-refractivity contribution in [3.63, 3.8) is 0 Å². The number of nitrogens with one attached hydrogen (secondary N) is 2. The summed E-state index contributed by atoms with van der Waals surface area (Å²) in [6.45, 7) is 1.60. The number of furan rings is 1. The molecule has 4 rings (SSSR count). The maximum absolute atomic E-state index is 12.7. The van der Waals surface area contributed by atoms with E-state index in [2.05, 4.69) is 15.3 Å². The number of carbonyl (C=O) groups excluding carboxylic acids is 1. The molecular weight excluding hydrogens is 361 g/mol. The number of rotatable bonds is 3. The number of imidazole rings is 1. The molecule has 6 nitrogen and oxygen atoms in total. The van der Waals surface area contributed by atoms with Gasteiger partial charge in [0.05, 0.1) is 23.8 Å². The number of amides is 1. The number of hydrogen-bond donors (Lipinski definition) is 2. The van der Waals surface area contributed by atoms with Gasteiger partial charge in [-0.15, -0.1) is 0 Å². The fourth-order valence-electron chi connectivity index (χ4n) is 3.27. The molecule has 0 radical (unpaired) electrons. The van der Waals surface area contributed by atoms with Gasteiger partial charge in [-0.1, -0.05) is 0 Å². The van der Waals surface area contributed by atoms with Gasteiger partial charge in [0.2, 0.25) is 11.7 Å². The van der Waals surface area contributed by atoms with Crippen LogP contribution in [0.5, 0.6) is 0 Å². The van der Waals surface area contributed by atoms with E-state index in [-0.39, 0.29) is 23.5 Å². The van der Waals surface area contributed by atoms with Crippen LogP contribution in [0.15, 0.2) is 34.9 Å². The standard InChI is InChI=1S/C18H17F3N4O2/c19-18(20,21)17-23-13-4-3-12(8-14(13)24-17)22-16(26)10-25-6-1-2-15-11(9-25)5-7-27-15/h3-5,7-8H,1-2,6,9-10H2,(H,22,26)(H,23,24). The monoisotopic (exact) mass is 378 g/mol. The van der Waals surface area contributed by atoms with E-state index in [1.54, 1.807) is 6.26 Å². The smallest absolute Gasteiger partial charge is 0.449 e. The van der Waals surface area contributed by atoms with Crippen LogP contribution >= 0.6 is 0 Å². The van der Waals surface area contributed by atoms with Crippen molar-refractivity contribution in [2.45, 2.75) is 25.6 Å². The number of aromatic nitrogens is 2. The quantitative estimate of drug-likeness (QED) is 0.731. The molecule has 0 fully saturated rings. The van der Waals surface area contributed by atoms with Crippen LogP contribution in [0.1, 0.15) is 23.6 Å². The van der Waals surface area contributed by atoms with Crippen LogP contribution in [0, 0.1) is 0 Å². The van der Waals surface area contributed by atoms with Gasteiger partial charge < -0.3 is 14.7 Å². The summed E-state index contributed by atoms with van der Waals surface area (Å²) in [5, 5.41) is 2.73. The molecule has 0 spiro atoms. The Bertz CT molecular complexity index is 977. The lowest BCUT2D eigenvalue weighted by atomic mass is 10.2. The number of carbonyl (C=O) groups is 1. The number of nitrogens with zero attached hydrogens (tertiary/aromatic N) is 2. The largest absolute Gasteiger partial charge is 0.469 e. The Balaban J connectivity index is 1.43. The minimum Gasteiger partial charge on any atom is -0.469 e. The lowest BCUT2D eigenvalue weighted by Gasteiger charge is -2.19. The van der Waals surface area contributed by atoms with Crippen LogP contribution in [0.2, 0.25) is 0 Å². The van der Waals surface area contributed by atoms with Crippen molar-refractivity contribution in [2.75, 3.05) is 18.4 Å². The second kappa shape index (κ2) is 6.73. The van der Waals surface area contributed by atoms with E-state index in [9.17, 15) is 18.0 Å². The van der Waals surface area contributed by atoms with Crippen LogP contribution in [-0.2, 0) is 23.9 Å². The molecule has 0 atom stereocenters. The third-order valence-electron chi connectivity index (χ3n) is 4.51. The minimum atomic E-state index is -4.54. The van der Waals surface area contributed by atoms with E-state index in [1.165, 1.54) is 18.2 Å². The second-order valence-electron chi connectivity index (χ2n) is 6.55. The topological polar surface area (TPSA) is 74.2 Å². The van der Waals surface area contributed by atoms with E-state index >= 15 is 0 Å². The van der Waals surface area contributed by atoms with Crippen molar-refractivity contribution in [1.29, 1.82) is 0 Å². The molecule has 2 N–H and O–H groups in total. The zero-order valence-electron chi connectivity index (χ0n) is 14.3. The van der Waals surface area contributed by atoms with Gasteiger partial charge in [-0.05, 0) is 37.2 Å². The van der Waals surface area contributed by atoms with E-state index < -0.39 is 12.0 Å². The van der Waals surface area contributed by atoms with Gasteiger partial charge in [-0.25, -0.2) is 4.98 Å². The van der Waals surface area contributed by atoms with Crippen molar-refractivity contribution in [2.24, 2.45) is 0 Å². The molecule has 1 aliphatic rings. The first kappa shape index (κ1) is 17.6. The van der Waals surface area contributed by atoms with Crippen LogP contribution in [0.3, 0.4) is 0 Å². The normalized spacial score (nSPS) is 15.5. The number of hydrogen-bond acceptors (Lipinski definition) is 4. The van der Waals surface area contributed by atoms with Gasteiger partial charge in [0.1, 0.15) is 5.76 Å². The van der Waals surface area contributed by atoms with Gasteiger partial charge in [0, 0.05) is 24.2 Å². The van der Waals surface area contributed by atoms with Crippen molar-refractivity contribution in [1.82, 2.24) is 14.9 Å². The molecule has 0 unspecified atom stereocenters. The number of alkyl halides is 3. The first-order chi connectivity index (χ1) is 12.9. The lowest BCUT2D eigenvalue weighted by Crippen LogP contribution is -2.33. The van der Waals surface area contributed by atoms with Crippen molar-refractivity contribution >= 4 is 22.6 Å². The van der Waals surface area contributed by atoms with E-state index in [1.807, 2.05) is 11.0 Å². The highest BCUT2D eigenvalue weighted by Crippen LogP contribution is 2.29. The maximum Gasteiger partial charge on any atom is 0.449 e. The molecule has 0 saturated carbocycles. The third-order valence-corrected chi connectivity index (χ3v) is 4.51. The summed E-state index contributed by atoms with van der Waals surface area (Å²) in [5.74, 6) is -0.318. The Labute approximate surface area is 152 Å². The molecule has 27 heavy (non-hydrogen) atoms. The first-order valence-electron chi connectivity index (χ1n) is 8.53. The Hall–Kier alpha value is -2.81. The fraction of sp³-hybridized carbons (Fsp3) is 0.333.